The lowest BCUT2D eigenvalue weighted by Gasteiger charge is -2.21. The van der Waals surface area contributed by atoms with E-state index >= 15 is 0 Å². The molecule has 2 rings (SSSR count). The molecule has 0 aliphatic heterocycles. The molecule has 3 N–H and O–H groups in total. The van der Waals surface area contributed by atoms with E-state index in [2.05, 4.69) is 5.43 Å². The summed E-state index contributed by atoms with van der Waals surface area (Å²) in [6.45, 7) is 3.84. The number of aryl methyl sites for hydroxylation is 2. The molecular formula is C16H18F2N2O. The molecule has 0 saturated heterocycles. The molecule has 0 radical (unpaired) electrons. The number of halogens is 2. The molecule has 0 bridgehead atoms. The Labute approximate surface area is 122 Å². The lowest BCUT2D eigenvalue weighted by Crippen LogP contribution is -2.29. The van der Waals surface area contributed by atoms with Gasteiger partial charge in [0.15, 0.2) is 11.6 Å². The quantitative estimate of drug-likeness (QED) is 0.672. The lowest BCUT2D eigenvalue weighted by molar-refractivity contribution is 0.411. The number of nitrogens with one attached hydrogen (secondary N) is 1. The maximum absolute atomic E-state index is 13.4. The number of rotatable bonds is 4. The van der Waals surface area contributed by atoms with Gasteiger partial charge in [-0.15, -0.1) is 0 Å². The molecule has 0 fully saturated rings. The van der Waals surface area contributed by atoms with Crippen molar-refractivity contribution in [3.8, 4) is 5.75 Å². The number of benzene rings is 2. The van der Waals surface area contributed by atoms with Crippen molar-refractivity contribution in [1.29, 1.82) is 0 Å². The smallest absolute Gasteiger partial charge is 0.159 e. The van der Waals surface area contributed by atoms with Crippen molar-refractivity contribution in [1.82, 2.24) is 5.43 Å². The highest BCUT2D eigenvalue weighted by Gasteiger charge is 2.18. The van der Waals surface area contributed by atoms with E-state index in [1.165, 1.54) is 6.07 Å². The molecule has 2 aromatic rings. The van der Waals surface area contributed by atoms with Gasteiger partial charge in [0.1, 0.15) is 5.75 Å². The maximum Gasteiger partial charge on any atom is 0.159 e. The molecule has 0 aromatic heterocycles. The molecule has 3 nitrogen and oxygen atoms in total. The van der Waals surface area contributed by atoms with Gasteiger partial charge in [-0.3, -0.25) is 5.84 Å². The van der Waals surface area contributed by atoms with E-state index in [-0.39, 0.29) is 0 Å². The molecule has 112 valence electrons. The van der Waals surface area contributed by atoms with Crippen LogP contribution in [0.3, 0.4) is 0 Å². The zero-order valence-corrected chi connectivity index (χ0v) is 12.2. The Bertz CT molecular complexity index is 659. The van der Waals surface area contributed by atoms with E-state index in [9.17, 15) is 8.78 Å². The van der Waals surface area contributed by atoms with E-state index in [1.807, 2.05) is 26.0 Å². The normalized spacial score (nSPS) is 12.3. The fraction of sp³-hybridized carbons (Fsp3) is 0.250. The van der Waals surface area contributed by atoms with E-state index in [0.717, 1.165) is 34.6 Å². The second-order valence-electron chi connectivity index (χ2n) is 4.95. The summed E-state index contributed by atoms with van der Waals surface area (Å²) in [6.07, 6.45) is 0. The van der Waals surface area contributed by atoms with E-state index in [1.54, 1.807) is 7.11 Å². The van der Waals surface area contributed by atoms with Crippen LogP contribution >= 0.6 is 0 Å². The van der Waals surface area contributed by atoms with Gasteiger partial charge in [-0.25, -0.2) is 14.2 Å². The molecule has 0 heterocycles. The standard InChI is InChI=1S/C16H18F2N2O/c1-9-7-15(21-3)10(2)6-12(9)16(20-19)11-4-5-13(17)14(18)8-11/h4-8,16,20H,19H2,1-3H3. The van der Waals surface area contributed by atoms with Crippen LogP contribution in [-0.2, 0) is 0 Å². The predicted octanol–water partition coefficient (Wildman–Crippen LogP) is 3.14. The van der Waals surface area contributed by atoms with Gasteiger partial charge < -0.3 is 4.74 Å². The monoisotopic (exact) mass is 292 g/mol. The third-order valence-electron chi connectivity index (χ3n) is 3.54. The van der Waals surface area contributed by atoms with Gasteiger partial charge in [0.25, 0.3) is 0 Å². The van der Waals surface area contributed by atoms with Crippen molar-refractivity contribution in [2.45, 2.75) is 19.9 Å². The molecule has 1 unspecified atom stereocenters. The van der Waals surface area contributed by atoms with Crippen LogP contribution in [-0.4, -0.2) is 7.11 Å². The summed E-state index contributed by atoms with van der Waals surface area (Å²) in [5.41, 5.74) is 6.00. The van der Waals surface area contributed by atoms with Gasteiger partial charge in [-0.2, -0.15) is 0 Å². The van der Waals surface area contributed by atoms with Gasteiger partial charge in [0.2, 0.25) is 0 Å². The van der Waals surface area contributed by atoms with E-state index in [0.29, 0.717) is 5.56 Å². The fourth-order valence-electron chi connectivity index (χ4n) is 2.40. The van der Waals surface area contributed by atoms with Crippen LogP contribution < -0.4 is 16.0 Å². The number of methoxy groups -OCH3 is 1. The molecule has 0 aliphatic carbocycles. The van der Waals surface area contributed by atoms with E-state index < -0.39 is 17.7 Å². The first-order valence-corrected chi connectivity index (χ1v) is 6.54. The Morgan fingerprint density at radius 2 is 1.76 bits per heavy atom. The Morgan fingerprint density at radius 1 is 1.05 bits per heavy atom. The van der Waals surface area contributed by atoms with Crippen molar-refractivity contribution in [2.75, 3.05) is 7.11 Å². The van der Waals surface area contributed by atoms with Crippen molar-refractivity contribution >= 4 is 0 Å². The van der Waals surface area contributed by atoms with Crippen molar-refractivity contribution in [3.63, 3.8) is 0 Å². The minimum absolute atomic E-state index is 0.426. The van der Waals surface area contributed by atoms with Gasteiger partial charge in [-0.05, 0) is 54.3 Å². The topological polar surface area (TPSA) is 47.3 Å². The molecule has 0 spiro atoms. The SMILES string of the molecule is COc1cc(C)c(C(NN)c2ccc(F)c(F)c2)cc1C. The van der Waals surface area contributed by atoms with Crippen LogP contribution in [0.4, 0.5) is 8.78 Å². The second kappa shape index (κ2) is 6.20. The Morgan fingerprint density at radius 3 is 2.33 bits per heavy atom. The van der Waals surface area contributed by atoms with Crippen LogP contribution in [0.25, 0.3) is 0 Å². The first-order valence-electron chi connectivity index (χ1n) is 6.54. The van der Waals surface area contributed by atoms with Gasteiger partial charge >= 0.3 is 0 Å². The Balaban J connectivity index is 2.50. The average molecular weight is 292 g/mol. The minimum atomic E-state index is -0.893. The first-order chi connectivity index (χ1) is 9.97. The van der Waals surface area contributed by atoms with Gasteiger partial charge in [-0.1, -0.05) is 12.1 Å². The lowest BCUT2D eigenvalue weighted by atomic mass is 9.93. The van der Waals surface area contributed by atoms with Crippen LogP contribution in [0.5, 0.6) is 5.75 Å². The Hall–Kier alpha value is -1.98. The van der Waals surface area contributed by atoms with Crippen LogP contribution in [0.1, 0.15) is 28.3 Å². The zero-order valence-electron chi connectivity index (χ0n) is 12.2. The zero-order chi connectivity index (χ0) is 15.6. The number of nitrogens with two attached hydrogens (primary N) is 1. The summed E-state index contributed by atoms with van der Waals surface area (Å²) in [5, 5.41) is 0. The van der Waals surface area contributed by atoms with Gasteiger partial charge in [0, 0.05) is 0 Å². The number of hydrogen-bond donors (Lipinski definition) is 2. The second-order valence-corrected chi connectivity index (χ2v) is 4.95. The van der Waals surface area contributed by atoms with Crippen LogP contribution in [0.15, 0.2) is 30.3 Å². The maximum atomic E-state index is 13.4. The molecule has 1 atom stereocenters. The highest BCUT2D eigenvalue weighted by atomic mass is 19.2. The first kappa shape index (κ1) is 15.4. The third-order valence-corrected chi connectivity index (χ3v) is 3.54. The Kier molecular flexibility index (Phi) is 4.55. The van der Waals surface area contributed by atoms with Crippen LogP contribution in [0, 0.1) is 25.5 Å². The average Bonchev–Trinajstić information content (AvgIpc) is 2.46. The van der Waals surface area contributed by atoms with E-state index in [4.69, 9.17) is 10.6 Å². The fourth-order valence-corrected chi connectivity index (χ4v) is 2.40. The minimum Gasteiger partial charge on any atom is -0.496 e. The summed E-state index contributed by atoms with van der Waals surface area (Å²) in [6, 6.07) is 7.17. The highest BCUT2D eigenvalue weighted by Crippen LogP contribution is 2.30. The number of ether oxygens (including phenoxy) is 1. The predicted molar refractivity (Wildman–Crippen MR) is 78.0 cm³/mol. The van der Waals surface area contributed by atoms with Crippen molar-refractivity contribution in [3.05, 3.63) is 64.2 Å². The van der Waals surface area contributed by atoms with Gasteiger partial charge in [0.05, 0.1) is 13.2 Å². The highest BCUT2D eigenvalue weighted by molar-refractivity contribution is 5.45. The third kappa shape index (κ3) is 3.04. The molecule has 0 aliphatic rings. The summed E-state index contributed by atoms with van der Waals surface area (Å²) in [4.78, 5) is 0. The molecular weight excluding hydrogens is 274 g/mol. The largest absolute Gasteiger partial charge is 0.496 e. The molecule has 0 saturated carbocycles. The summed E-state index contributed by atoms with van der Waals surface area (Å²) in [5.74, 6) is 4.62. The molecule has 21 heavy (non-hydrogen) atoms. The number of hydrogen-bond acceptors (Lipinski definition) is 3. The van der Waals surface area contributed by atoms with Crippen molar-refractivity contribution < 1.29 is 13.5 Å². The summed E-state index contributed by atoms with van der Waals surface area (Å²) < 4.78 is 31.8. The number of hydrazine groups is 1. The molecule has 2 aromatic carbocycles. The van der Waals surface area contributed by atoms with Crippen LogP contribution in [0.2, 0.25) is 0 Å². The molecule has 0 amide bonds. The summed E-state index contributed by atoms with van der Waals surface area (Å²) >= 11 is 0. The van der Waals surface area contributed by atoms with Crippen molar-refractivity contribution in [2.24, 2.45) is 5.84 Å². The summed E-state index contributed by atoms with van der Waals surface area (Å²) in [7, 11) is 1.61. The molecule has 5 heteroatoms.